The van der Waals surface area contributed by atoms with Crippen LogP contribution in [-0.4, -0.2) is 8.42 Å². The van der Waals surface area contributed by atoms with Crippen LogP contribution in [-0.2, 0) is 23.0 Å². The minimum absolute atomic E-state index is 0.187. The molecule has 0 unspecified atom stereocenters. The van der Waals surface area contributed by atoms with E-state index in [4.69, 9.17) is 10.5 Å². The van der Waals surface area contributed by atoms with Crippen molar-refractivity contribution in [2.75, 3.05) is 5.73 Å². The first-order chi connectivity index (χ1) is 13.0. The molecular formula is C21H22N2O3S. The van der Waals surface area contributed by atoms with Gasteiger partial charge < -0.3 is 10.5 Å². The fourth-order valence-electron chi connectivity index (χ4n) is 2.51. The van der Waals surface area contributed by atoms with Crippen LogP contribution in [0.25, 0.3) is 0 Å². The average molecular weight is 382 g/mol. The molecule has 140 valence electrons. The number of aryl methyl sites for hydroxylation is 1. The highest BCUT2D eigenvalue weighted by Crippen LogP contribution is 2.22. The second kappa shape index (κ2) is 8.24. The lowest BCUT2D eigenvalue weighted by Crippen LogP contribution is -2.23. The van der Waals surface area contributed by atoms with Crippen LogP contribution in [0.1, 0.15) is 18.1 Å². The highest BCUT2D eigenvalue weighted by Gasteiger charge is 2.13. The third kappa shape index (κ3) is 5.09. The van der Waals surface area contributed by atoms with E-state index in [-0.39, 0.29) is 11.4 Å². The second-order valence-electron chi connectivity index (χ2n) is 6.14. The molecule has 0 aliphatic heterocycles. The number of rotatable bonds is 7. The van der Waals surface area contributed by atoms with E-state index in [9.17, 15) is 8.42 Å². The van der Waals surface area contributed by atoms with Crippen LogP contribution in [0.5, 0.6) is 11.5 Å². The van der Waals surface area contributed by atoms with Gasteiger partial charge in [0.05, 0.1) is 4.90 Å². The molecule has 27 heavy (non-hydrogen) atoms. The summed E-state index contributed by atoms with van der Waals surface area (Å²) in [7, 11) is -3.58. The van der Waals surface area contributed by atoms with Crippen LogP contribution in [0.15, 0.2) is 77.7 Å². The number of nitrogens with one attached hydrogen (secondary N) is 1. The normalized spacial score (nSPS) is 11.3. The number of sulfonamides is 1. The first-order valence-corrected chi connectivity index (χ1v) is 10.2. The largest absolute Gasteiger partial charge is 0.457 e. The maximum absolute atomic E-state index is 12.3. The highest BCUT2D eigenvalue weighted by molar-refractivity contribution is 7.89. The zero-order chi connectivity index (χ0) is 19.3. The minimum atomic E-state index is -3.58. The predicted octanol–water partition coefficient (Wildman–Crippen LogP) is 4.10. The third-order valence-electron chi connectivity index (χ3n) is 4.15. The second-order valence-corrected chi connectivity index (χ2v) is 7.90. The Hall–Kier alpha value is -2.83. The van der Waals surface area contributed by atoms with Crippen molar-refractivity contribution in [3.05, 3.63) is 83.9 Å². The van der Waals surface area contributed by atoms with Gasteiger partial charge in [0.1, 0.15) is 11.5 Å². The van der Waals surface area contributed by atoms with Gasteiger partial charge in [-0.2, -0.15) is 0 Å². The maximum Gasteiger partial charge on any atom is 0.240 e. The molecule has 5 nitrogen and oxygen atoms in total. The van der Waals surface area contributed by atoms with Crippen LogP contribution >= 0.6 is 0 Å². The first-order valence-electron chi connectivity index (χ1n) is 8.67. The summed E-state index contributed by atoms with van der Waals surface area (Å²) in [6.45, 7) is 2.30. The molecule has 6 heteroatoms. The van der Waals surface area contributed by atoms with Gasteiger partial charge in [0.15, 0.2) is 0 Å². The Morgan fingerprint density at radius 2 is 1.33 bits per heavy atom. The van der Waals surface area contributed by atoms with Crippen molar-refractivity contribution in [1.29, 1.82) is 0 Å². The molecule has 0 heterocycles. The zero-order valence-electron chi connectivity index (χ0n) is 15.1. The SMILES string of the molecule is CCc1ccc(Oc2ccc(CNS(=O)(=O)c3ccc(N)cc3)cc2)cc1. The smallest absolute Gasteiger partial charge is 0.240 e. The van der Waals surface area contributed by atoms with Crippen molar-refractivity contribution in [1.82, 2.24) is 4.72 Å². The van der Waals surface area contributed by atoms with Crippen LogP contribution in [0, 0.1) is 0 Å². The summed E-state index contributed by atoms with van der Waals surface area (Å²) in [5.41, 5.74) is 8.21. The molecule has 0 aromatic heterocycles. The maximum atomic E-state index is 12.3. The molecule has 3 aromatic rings. The van der Waals surface area contributed by atoms with Crippen molar-refractivity contribution in [2.45, 2.75) is 24.8 Å². The van der Waals surface area contributed by atoms with E-state index in [1.54, 1.807) is 12.1 Å². The Bertz CT molecular complexity index is 981. The zero-order valence-corrected chi connectivity index (χ0v) is 15.9. The summed E-state index contributed by atoms with van der Waals surface area (Å²) in [5.74, 6) is 1.47. The molecule has 0 bridgehead atoms. The Kier molecular flexibility index (Phi) is 5.78. The number of nitrogen functional groups attached to an aromatic ring is 1. The molecule has 0 spiro atoms. The quantitative estimate of drug-likeness (QED) is 0.603. The van der Waals surface area contributed by atoms with E-state index in [0.717, 1.165) is 17.7 Å². The minimum Gasteiger partial charge on any atom is -0.457 e. The molecule has 3 aromatic carbocycles. The standard InChI is InChI=1S/C21H22N2O3S/c1-2-16-3-9-19(10-4-16)26-20-11-5-17(6-12-20)15-23-27(24,25)21-13-7-18(22)8-14-21/h3-14,23H,2,15,22H2,1H3. The molecule has 0 fully saturated rings. The number of nitrogens with two attached hydrogens (primary N) is 1. The van der Waals surface area contributed by atoms with Gasteiger partial charge in [-0.15, -0.1) is 0 Å². The molecule has 0 amide bonds. The lowest BCUT2D eigenvalue weighted by atomic mass is 10.2. The van der Waals surface area contributed by atoms with Gasteiger partial charge in [-0.1, -0.05) is 31.2 Å². The molecular weight excluding hydrogens is 360 g/mol. The molecule has 3 rings (SSSR count). The van der Waals surface area contributed by atoms with Crippen molar-refractivity contribution in [2.24, 2.45) is 0 Å². The molecule has 0 aliphatic carbocycles. The lowest BCUT2D eigenvalue weighted by molar-refractivity contribution is 0.482. The van der Waals surface area contributed by atoms with Gasteiger partial charge >= 0.3 is 0 Å². The Morgan fingerprint density at radius 1 is 0.815 bits per heavy atom. The van der Waals surface area contributed by atoms with Gasteiger partial charge in [-0.05, 0) is 66.1 Å². The molecule has 0 saturated heterocycles. The average Bonchev–Trinajstić information content (AvgIpc) is 2.68. The Balaban J connectivity index is 1.60. The van der Waals surface area contributed by atoms with Crippen molar-refractivity contribution < 1.29 is 13.2 Å². The van der Waals surface area contributed by atoms with E-state index < -0.39 is 10.0 Å². The van der Waals surface area contributed by atoms with Crippen LogP contribution in [0.2, 0.25) is 0 Å². The van der Waals surface area contributed by atoms with E-state index in [1.807, 2.05) is 48.5 Å². The summed E-state index contributed by atoms with van der Waals surface area (Å²) in [6, 6.07) is 21.4. The summed E-state index contributed by atoms with van der Waals surface area (Å²) in [4.78, 5) is 0.187. The number of benzene rings is 3. The first kappa shape index (κ1) is 18.9. The van der Waals surface area contributed by atoms with Gasteiger partial charge in [0, 0.05) is 12.2 Å². The number of anilines is 1. The van der Waals surface area contributed by atoms with E-state index >= 15 is 0 Å². The topological polar surface area (TPSA) is 81.4 Å². The van der Waals surface area contributed by atoms with Crippen LogP contribution in [0.4, 0.5) is 5.69 Å². The number of hydrogen-bond donors (Lipinski definition) is 2. The van der Waals surface area contributed by atoms with Gasteiger partial charge in [0.25, 0.3) is 0 Å². The number of hydrogen-bond acceptors (Lipinski definition) is 4. The summed E-state index contributed by atoms with van der Waals surface area (Å²) in [5, 5.41) is 0. The summed E-state index contributed by atoms with van der Waals surface area (Å²) < 4.78 is 33.0. The van der Waals surface area contributed by atoms with Crippen LogP contribution in [0.3, 0.4) is 0 Å². The van der Waals surface area contributed by atoms with E-state index in [1.165, 1.54) is 17.7 Å². The van der Waals surface area contributed by atoms with Gasteiger partial charge in [-0.25, -0.2) is 13.1 Å². The summed E-state index contributed by atoms with van der Waals surface area (Å²) in [6.07, 6.45) is 0.987. The molecule has 0 aliphatic rings. The highest BCUT2D eigenvalue weighted by atomic mass is 32.2. The van der Waals surface area contributed by atoms with Gasteiger partial charge in [0.2, 0.25) is 10.0 Å². The number of ether oxygens (including phenoxy) is 1. The predicted molar refractivity (Wildman–Crippen MR) is 107 cm³/mol. The van der Waals surface area contributed by atoms with Crippen molar-refractivity contribution in [3.63, 3.8) is 0 Å². The molecule has 0 radical (unpaired) electrons. The fourth-order valence-corrected chi connectivity index (χ4v) is 3.53. The summed E-state index contributed by atoms with van der Waals surface area (Å²) >= 11 is 0. The Morgan fingerprint density at radius 3 is 1.85 bits per heavy atom. The van der Waals surface area contributed by atoms with Crippen molar-refractivity contribution in [3.8, 4) is 11.5 Å². The molecule has 0 saturated carbocycles. The molecule has 0 atom stereocenters. The molecule has 3 N–H and O–H groups in total. The van der Waals surface area contributed by atoms with E-state index in [2.05, 4.69) is 11.6 Å². The third-order valence-corrected chi connectivity index (χ3v) is 5.56. The van der Waals surface area contributed by atoms with Gasteiger partial charge in [-0.3, -0.25) is 0 Å². The Labute approximate surface area is 159 Å². The van der Waals surface area contributed by atoms with E-state index in [0.29, 0.717) is 11.4 Å². The van der Waals surface area contributed by atoms with Crippen LogP contribution < -0.4 is 15.2 Å². The lowest BCUT2D eigenvalue weighted by Gasteiger charge is -2.09. The van der Waals surface area contributed by atoms with Crippen molar-refractivity contribution >= 4 is 15.7 Å². The fraction of sp³-hybridized carbons (Fsp3) is 0.143. The monoisotopic (exact) mass is 382 g/mol.